The van der Waals surface area contributed by atoms with Crippen LogP contribution in [0.5, 0.6) is 0 Å². The molecule has 1 aliphatic rings. The first-order valence-corrected chi connectivity index (χ1v) is 16.9. The molecule has 12 nitrogen and oxygen atoms in total. The van der Waals surface area contributed by atoms with E-state index < -0.39 is 22.3 Å². The minimum Gasteiger partial charge on any atom is -0.378 e. The van der Waals surface area contributed by atoms with Gasteiger partial charge in [0.05, 0.1) is 10.9 Å². The van der Waals surface area contributed by atoms with E-state index in [1.54, 1.807) is 42.5 Å². The molecule has 13 heteroatoms. The van der Waals surface area contributed by atoms with Crippen molar-refractivity contribution in [3.8, 4) is 22.5 Å². The summed E-state index contributed by atoms with van der Waals surface area (Å²) in [6, 6.07) is 19.2. The van der Waals surface area contributed by atoms with Gasteiger partial charge in [-0.2, -0.15) is 5.21 Å². The highest BCUT2D eigenvalue weighted by Crippen LogP contribution is 2.31. The largest absolute Gasteiger partial charge is 0.378 e. The van der Waals surface area contributed by atoms with Crippen LogP contribution >= 0.6 is 0 Å². The van der Waals surface area contributed by atoms with Crippen LogP contribution in [0.3, 0.4) is 0 Å². The minimum atomic E-state index is -3.62. The Balaban J connectivity index is 1.38. The summed E-state index contributed by atoms with van der Waals surface area (Å²) in [4.78, 5) is 14.0. The quantitative estimate of drug-likeness (QED) is 0.144. The maximum atomic E-state index is 13.8. The summed E-state index contributed by atoms with van der Waals surface area (Å²) in [6.07, 6.45) is 3.01. The number of aromatic amines is 1. The summed E-state index contributed by atoms with van der Waals surface area (Å²) in [6.45, 7) is 2.58. The molecule has 1 fully saturated rings. The Kier molecular flexibility index (Phi) is 10.6. The standard InChI is InChI=1S/C33H42N8O4S/c1-21-7-16-28(46(44,45)41(2)3)19-29(21)26-6-4-5-23(17-26)18-30(36-32(42)25-10-8-22(20-34)9-11-25)33(43)35-27-14-12-24(13-15-27)31-37-39-40-38-31/h4-7,12-17,19,22,25,30,32,36,42H,8-11,18,20,34H2,1-3H3,(H,35,43)(H,37,38,39,40). The molecule has 1 aromatic heterocycles. The Morgan fingerprint density at radius 2 is 1.78 bits per heavy atom. The number of aryl methyl sites for hydroxylation is 1. The van der Waals surface area contributed by atoms with Crippen molar-refractivity contribution in [2.45, 2.75) is 56.2 Å². The third kappa shape index (κ3) is 7.85. The Bertz CT molecular complexity index is 1720. The van der Waals surface area contributed by atoms with Gasteiger partial charge >= 0.3 is 0 Å². The van der Waals surface area contributed by atoms with Gasteiger partial charge in [0.15, 0.2) is 0 Å². The summed E-state index contributed by atoms with van der Waals surface area (Å²) < 4.78 is 26.9. The smallest absolute Gasteiger partial charge is 0.242 e. The van der Waals surface area contributed by atoms with Crippen molar-refractivity contribution in [3.63, 3.8) is 0 Å². The van der Waals surface area contributed by atoms with Crippen molar-refractivity contribution in [3.05, 3.63) is 77.9 Å². The molecule has 2 atom stereocenters. The van der Waals surface area contributed by atoms with Crippen LogP contribution in [0.25, 0.3) is 22.5 Å². The number of benzene rings is 3. The highest BCUT2D eigenvalue weighted by molar-refractivity contribution is 7.89. The van der Waals surface area contributed by atoms with E-state index in [1.807, 2.05) is 31.2 Å². The molecular weight excluding hydrogens is 604 g/mol. The molecule has 5 rings (SSSR count). The van der Waals surface area contributed by atoms with Crippen molar-refractivity contribution in [1.82, 2.24) is 30.2 Å². The second-order valence-electron chi connectivity index (χ2n) is 12.2. The van der Waals surface area contributed by atoms with Crippen LogP contribution in [0.4, 0.5) is 5.69 Å². The first kappa shape index (κ1) is 33.4. The van der Waals surface area contributed by atoms with Crippen molar-refractivity contribution in [1.29, 1.82) is 0 Å². The number of hydrogen-bond acceptors (Lipinski definition) is 9. The molecule has 1 saturated carbocycles. The van der Waals surface area contributed by atoms with Gasteiger partial charge in [-0.1, -0.05) is 30.3 Å². The van der Waals surface area contributed by atoms with Gasteiger partial charge < -0.3 is 16.2 Å². The molecule has 0 radical (unpaired) electrons. The Labute approximate surface area is 269 Å². The van der Waals surface area contributed by atoms with Gasteiger partial charge in [-0.15, -0.1) is 10.2 Å². The van der Waals surface area contributed by atoms with Crippen LogP contribution in [-0.4, -0.2) is 77.3 Å². The first-order chi connectivity index (χ1) is 22.0. The SMILES string of the molecule is Cc1ccc(S(=O)(=O)N(C)C)cc1-c1cccc(CC(NC(O)C2CCC(CN)CC2)C(=O)Nc2ccc(-c3nn[nH]n3)cc2)c1. The molecule has 1 amide bonds. The lowest BCUT2D eigenvalue weighted by atomic mass is 9.81. The lowest BCUT2D eigenvalue weighted by Crippen LogP contribution is -2.50. The number of carbonyl (C=O) groups excluding carboxylic acids is 1. The van der Waals surface area contributed by atoms with Gasteiger partial charge in [0.1, 0.15) is 6.23 Å². The first-order valence-electron chi connectivity index (χ1n) is 15.5. The van der Waals surface area contributed by atoms with E-state index in [2.05, 4.69) is 31.3 Å². The van der Waals surface area contributed by atoms with Crippen molar-refractivity contribution >= 4 is 21.6 Å². The number of aliphatic hydroxyl groups excluding tert-OH is 1. The third-order valence-corrected chi connectivity index (χ3v) is 10.6. The number of tetrazole rings is 1. The number of aliphatic hydroxyl groups is 1. The fraction of sp³-hybridized carbons (Fsp3) is 0.394. The molecule has 3 aromatic carbocycles. The highest BCUT2D eigenvalue weighted by atomic mass is 32.2. The molecule has 1 heterocycles. The van der Waals surface area contributed by atoms with Crippen molar-refractivity contribution < 1.29 is 18.3 Å². The molecule has 1 aliphatic carbocycles. The number of H-pyrrole nitrogens is 1. The number of aromatic nitrogens is 4. The summed E-state index contributed by atoms with van der Waals surface area (Å²) in [5.74, 6) is 0.644. The van der Waals surface area contributed by atoms with Gasteiger partial charge in [-0.3, -0.25) is 10.1 Å². The molecule has 6 N–H and O–H groups in total. The van der Waals surface area contributed by atoms with Crippen LogP contribution in [0.2, 0.25) is 0 Å². The lowest BCUT2D eigenvalue weighted by molar-refractivity contribution is -0.119. The minimum absolute atomic E-state index is 0.0164. The third-order valence-electron chi connectivity index (χ3n) is 8.78. The lowest BCUT2D eigenvalue weighted by Gasteiger charge is -2.33. The molecular formula is C33H42N8O4S. The van der Waals surface area contributed by atoms with Crippen LogP contribution in [0, 0.1) is 18.8 Å². The van der Waals surface area contributed by atoms with Crippen LogP contribution in [0.15, 0.2) is 71.6 Å². The number of hydrogen-bond donors (Lipinski definition) is 5. The highest BCUT2D eigenvalue weighted by Gasteiger charge is 2.30. The second-order valence-corrected chi connectivity index (χ2v) is 14.3. The topological polar surface area (TPSA) is 179 Å². The van der Waals surface area contributed by atoms with Crippen LogP contribution < -0.4 is 16.4 Å². The molecule has 46 heavy (non-hydrogen) atoms. The number of nitrogens with one attached hydrogen (secondary N) is 3. The van der Waals surface area contributed by atoms with E-state index in [0.717, 1.165) is 53.5 Å². The average molecular weight is 647 g/mol. The predicted molar refractivity (Wildman–Crippen MR) is 177 cm³/mol. The maximum absolute atomic E-state index is 13.8. The molecule has 4 aromatic rings. The van der Waals surface area contributed by atoms with Gasteiger partial charge in [0, 0.05) is 25.3 Å². The molecule has 0 spiro atoms. The van der Waals surface area contributed by atoms with E-state index in [1.165, 1.54) is 18.4 Å². The zero-order chi connectivity index (χ0) is 32.8. The predicted octanol–water partition coefficient (Wildman–Crippen LogP) is 3.32. The number of amides is 1. The number of nitrogens with zero attached hydrogens (tertiary/aromatic N) is 4. The zero-order valence-corrected chi connectivity index (χ0v) is 27.2. The molecule has 2 unspecified atom stereocenters. The number of rotatable bonds is 12. The number of carbonyl (C=O) groups is 1. The summed E-state index contributed by atoms with van der Waals surface area (Å²) in [5.41, 5.74) is 10.6. The molecule has 0 aliphatic heterocycles. The Hall–Kier alpha value is -4.01. The number of sulfonamides is 1. The van der Waals surface area contributed by atoms with E-state index in [-0.39, 0.29) is 16.7 Å². The van der Waals surface area contributed by atoms with Crippen molar-refractivity contribution in [2.75, 3.05) is 26.0 Å². The van der Waals surface area contributed by atoms with Gasteiger partial charge in [-0.25, -0.2) is 12.7 Å². The normalized spacial score (nSPS) is 18.3. The van der Waals surface area contributed by atoms with Crippen molar-refractivity contribution in [2.24, 2.45) is 17.6 Å². The molecule has 0 saturated heterocycles. The van der Waals surface area contributed by atoms with Crippen LogP contribution in [0.1, 0.15) is 36.8 Å². The number of nitrogens with two attached hydrogens (primary N) is 1. The van der Waals surface area contributed by atoms with Gasteiger partial charge in [-0.05, 0) is 121 Å². The van der Waals surface area contributed by atoms with E-state index in [9.17, 15) is 18.3 Å². The summed E-state index contributed by atoms with van der Waals surface area (Å²) in [7, 11) is -0.599. The van der Waals surface area contributed by atoms with Gasteiger partial charge in [0.2, 0.25) is 21.8 Å². The monoisotopic (exact) mass is 646 g/mol. The summed E-state index contributed by atoms with van der Waals surface area (Å²) >= 11 is 0. The van der Waals surface area contributed by atoms with Gasteiger partial charge in [0.25, 0.3) is 0 Å². The maximum Gasteiger partial charge on any atom is 0.242 e. The second kappa shape index (κ2) is 14.6. The zero-order valence-electron chi connectivity index (χ0n) is 26.3. The van der Waals surface area contributed by atoms with E-state index in [4.69, 9.17) is 5.73 Å². The number of anilines is 1. The fourth-order valence-electron chi connectivity index (χ4n) is 5.91. The van der Waals surface area contributed by atoms with Crippen LogP contribution in [-0.2, 0) is 21.2 Å². The van der Waals surface area contributed by atoms with E-state index in [0.29, 0.717) is 30.4 Å². The summed E-state index contributed by atoms with van der Waals surface area (Å²) in [5, 5.41) is 31.5. The van der Waals surface area contributed by atoms with E-state index >= 15 is 0 Å². The fourth-order valence-corrected chi connectivity index (χ4v) is 6.84. The average Bonchev–Trinajstić information content (AvgIpc) is 3.60. The molecule has 244 valence electrons. The Morgan fingerprint density at radius 3 is 2.43 bits per heavy atom. The Morgan fingerprint density at radius 1 is 1.04 bits per heavy atom. The molecule has 0 bridgehead atoms.